The van der Waals surface area contributed by atoms with Gasteiger partial charge in [0.05, 0.1) is 0 Å². The minimum absolute atomic E-state index is 0.449. The molecule has 16 heavy (non-hydrogen) atoms. The number of halogens is 2. The average molecular weight is 226 g/mol. The highest BCUT2D eigenvalue weighted by Gasteiger charge is 2.16. The number of benzene rings is 1. The van der Waals surface area contributed by atoms with Crippen molar-refractivity contribution in [2.45, 2.75) is 6.54 Å². The Hall–Kier alpha value is -1.00. The number of hydrogen-bond donors (Lipinski definition) is 0. The van der Waals surface area contributed by atoms with E-state index >= 15 is 0 Å². The monoisotopic (exact) mass is 226 g/mol. The lowest BCUT2D eigenvalue weighted by molar-refractivity contribution is 0.146. The number of hydrogen-bond acceptors (Lipinski definition) is 2. The lowest BCUT2D eigenvalue weighted by Gasteiger charge is -2.32. The van der Waals surface area contributed by atoms with Crippen LogP contribution < -0.4 is 0 Å². The summed E-state index contributed by atoms with van der Waals surface area (Å²) in [6, 6.07) is 4.36. The molecule has 2 rings (SSSR count). The maximum atomic E-state index is 13.4. The lowest BCUT2D eigenvalue weighted by atomic mass is 10.2. The Labute approximate surface area is 94.5 Å². The van der Waals surface area contributed by atoms with Gasteiger partial charge in [-0.3, -0.25) is 4.90 Å². The SMILES string of the molecule is CN1CCN(Cc2cccc(F)c2F)CC1. The second-order valence-corrected chi connectivity index (χ2v) is 4.29. The van der Waals surface area contributed by atoms with Crippen LogP contribution in [0.25, 0.3) is 0 Å². The van der Waals surface area contributed by atoms with Crippen LogP contribution in [0.3, 0.4) is 0 Å². The van der Waals surface area contributed by atoms with Gasteiger partial charge in [0, 0.05) is 38.3 Å². The predicted molar refractivity (Wildman–Crippen MR) is 59.1 cm³/mol. The molecule has 0 saturated carbocycles. The molecule has 0 unspecified atom stereocenters. The molecule has 1 heterocycles. The Morgan fingerprint density at radius 2 is 1.81 bits per heavy atom. The fourth-order valence-electron chi connectivity index (χ4n) is 1.92. The smallest absolute Gasteiger partial charge is 0.163 e. The summed E-state index contributed by atoms with van der Waals surface area (Å²) < 4.78 is 26.4. The third kappa shape index (κ3) is 2.57. The molecule has 88 valence electrons. The van der Waals surface area contributed by atoms with Crippen LogP contribution in [-0.4, -0.2) is 43.0 Å². The summed E-state index contributed by atoms with van der Waals surface area (Å²) in [5, 5.41) is 0. The van der Waals surface area contributed by atoms with Crippen LogP contribution in [-0.2, 0) is 6.54 Å². The first-order valence-electron chi connectivity index (χ1n) is 5.50. The molecular formula is C12H16F2N2. The number of piperazine rings is 1. The third-order valence-corrected chi connectivity index (χ3v) is 3.02. The fraction of sp³-hybridized carbons (Fsp3) is 0.500. The standard InChI is InChI=1S/C12H16F2N2/c1-15-5-7-16(8-6-15)9-10-3-2-4-11(13)12(10)14/h2-4H,5-9H2,1H3. The predicted octanol–water partition coefficient (Wildman–Crippen LogP) is 1.71. The molecule has 4 heteroatoms. The molecule has 1 aliphatic rings. The van der Waals surface area contributed by atoms with Gasteiger partial charge in [-0.2, -0.15) is 0 Å². The van der Waals surface area contributed by atoms with Gasteiger partial charge in [0.2, 0.25) is 0 Å². The van der Waals surface area contributed by atoms with Gasteiger partial charge in [-0.25, -0.2) is 8.78 Å². The Balaban J connectivity index is 2.01. The average Bonchev–Trinajstić information content (AvgIpc) is 2.28. The molecular weight excluding hydrogens is 210 g/mol. The Morgan fingerprint density at radius 1 is 1.12 bits per heavy atom. The van der Waals surface area contributed by atoms with Crippen molar-refractivity contribution in [1.82, 2.24) is 9.80 Å². The molecule has 0 bridgehead atoms. The van der Waals surface area contributed by atoms with Crippen LogP contribution in [0.4, 0.5) is 8.78 Å². The Kier molecular flexibility index (Phi) is 3.51. The highest BCUT2D eigenvalue weighted by Crippen LogP contribution is 2.14. The summed E-state index contributed by atoms with van der Waals surface area (Å²) in [5.74, 6) is -1.46. The summed E-state index contributed by atoms with van der Waals surface area (Å²) in [4.78, 5) is 4.39. The van der Waals surface area contributed by atoms with Crippen molar-refractivity contribution in [3.05, 3.63) is 35.4 Å². The molecule has 1 aliphatic heterocycles. The molecule has 0 aromatic heterocycles. The van der Waals surface area contributed by atoms with Crippen molar-refractivity contribution in [2.75, 3.05) is 33.2 Å². The normalized spacial score (nSPS) is 18.9. The summed E-state index contributed by atoms with van der Waals surface area (Å²) in [5.41, 5.74) is 0.449. The van der Waals surface area contributed by atoms with E-state index in [0.717, 1.165) is 32.2 Å². The van der Waals surface area contributed by atoms with Gasteiger partial charge in [0.25, 0.3) is 0 Å². The first-order chi connectivity index (χ1) is 7.66. The van der Waals surface area contributed by atoms with E-state index in [0.29, 0.717) is 12.1 Å². The topological polar surface area (TPSA) is 6.48 Å². The first kappa shape index (κ1) is 11.5. The van der Waals surface area contributed by atoms with Crippen molar-refractivity contribution in [3.8, 4) is 0 Å². The minimum Gasteiger partial charge on any atom is -0.304 e. The van der Waals surface area contributed by atoms with Crippen LogP contribution >= 0.6 is 0 Å². The van der Waals surface area contributed by atoms with E-state index in [1.54, 1.807) is 12.1 Å². The van der Waals surface area contributed by atoms with E-state index in [-0.39, 0.29) is 0 Å². The summed E-state index contributed by atoms with van der Waals surface area (Å²) >= 11 is 0. The molecule has 0 amide bonds. The quantitative estimate of drug-likeness (QED) is 0.757. The van der Waals surface area contributed by atoms with Crippen LogP contribution in [0.1, 0.15) is 5.56 Å². The zero-order chi connectivity index (χ0) is 11.5. The highest BCUT2D eigenvalue weighted by atomic mass is 19.2. The van der Waals surface area contributed by atoms with Crippen LogP contribution in [0.2, 0.25) is 0 Å². The van der Waals surface area contributed by atoms with Gasteiger partial charge < -0.3 is 4.90 Å². The van der Waals surface area contributed by atoms with Gasteiger partial charge in [-0.05, 0) is 13.1 Å². The maximum Gasteiger partial charge on any atom is 0.163 e. The van der Waals surface area contributed by atoms with Crippen molar-refractivity contribution < 1.29 is 8.78 Å². The van der Waals surface area contributed by atoms with Crippen LogP contribution in [0.5, 0.6) is 0 Å². The summed E-state index contributed by atoms with van der Waals surface area (Å²) in [6.07, 6.45) is 0. The molecule has 1 fully saturated rings. The Morgan fingerprint density at radius 3 is 2.50 bits per heavy atom. The molecule has 0 atom stereocenters. The van der Waals surface area contributed by atoms with Crippen molar-refractivity contribution in [2.24, 2.45) is 0 Å². The van der Waals surface area contributed by atoms with Gasteiger partial charge in [0.15, 0.2) is 11.6 Å². The van der Waals surface area contributed by atoms with E-state index in [9.17, 15) is 8.78 Å². The summed E-state index contributed by atoms with van der Waals surface area (Å²) in [7, 11) is 2.07. The lowest BCUT2D eigenvalue weighted by Crippen LogP contribution is -2.44. The molecule has 0 radical (unpaired) electrons. The van der Waals surface area contributed by atoms with E-state index in [1.807, 2.05) is 0 Å². The number of rotatable bonds is 2. The first-order valence-corrected chi connectivity index (χ1v) is 5.50. The molecule has 1 saturated heterocycles. The Bertz CT molecular complexity index is 360. The van der Waals surface area contributed by atoms with E-state index < -0.39 is 11.6 Å². The van der Waals surface area contributed by atoms with E-state index in [4.69, 9.17) is 0 Å². The van der Waals surface area contributed by atoms with Crippen molar-refractivity contribution in [3.63, 3.8) is 0 Å². The maximum absolute atomic E-state index is 13.4. The second kappa shape index (κ2) is 4.89. The van der Waals surface area contributed by atoms with Crippen molar-refractivity contribution >= 4 is 0 Å². The van der Waals surface area contributed by atoms with Gasteiger partial charge in [-0.15, -0.1) is 0 Å². The molecule has 0 N–H and O–H groups in total. The molecule has 2 nitrogen and oxygen atoms in total. The summed E-state index contributed by atoms with van der Waals surface area (Å²) in [6.45, 7) is 4.28. The number of nitrogens with zero attached hydrogens (tertiary/aromatic N) is 2. The zero-order valence-corrected chi connectivity index (χ0v) is 9.42. The van der Waals surface area contributed by atoms with E-state index in [1.165, 1.54) is 0 Å². The van der Waals surface area contributed by atoms with Gasteiger partial charge in [-0.1, -0.05) is 12.1 Å². The highest BCUT2D eigenvalue weighted by molar-refractivity contribution is 5.18. The largest absolute Gasteiger partial charge is 0.304 e. The zero-order valence-electron chi connectivity index (χ0n) is 9.42. The van der Waals surface area contributed by atoms with Crippen molar-refractivity contribution in [1.29, 1.82) is 0 Å². The second-order valence-electron chi connectivity index (χ2n) is 4.29. The van der Waals surface area contributed by atoms with Gasteiger partial charge in [0.1, 0.15) is 0 Å². The molecule has 1 aromatic carbocycles. The van der Waals surface area contributed by atoms with Crippen LogP contribution in [0.15, 0.2) is 18.2 Å². The minimum atomic E-state index is -0.758. The molecule has 0 spiro atoms. The van der Waals surface area contributed by atoms with Gasteiger partial charge >= 0.3 is 0 Å². The fourth-order valence-corrected chi connectivity index (χ4v) is 1.92. The molecule has 1 aromatic rings. The number of likely N-dealkylation sites (N-methyl/N-ethyl adjacent to an activating group) is 1. The van der Waals surface area contributed by atoms with Crippen LogP contribution in [0, 0.1) is 11.6 Å². The molecule has 0 aliphatic carbocycles. The third-order valence-electron chi connectivity index (χ3n) is 3.02. The van der Waals surface area contributed by atoms with E-state index in [2.05, 4.69) is 16.8 Å².